The summed E-state index contributed by atoms with van der Waals surface area (Å²) in [5.74, 6) is -2.76. The van der Waals surface area contributed by atoms with E-state index >= 15 is 0 Å². The first-order chi connectivity index (χ1) is 25.8. The largest absolute Gasteiger partial charge is 0.502 e. The van der Waals surface area contributed by atoms with Gasteiger partial charge >= 0.3 is 11.5 Å². The Morgan fingerprint density at radius 2 is 1.42 bits per heavy atom. The molecule has 0 amide bonds. The van der Waals surface area contributed by atoms with Gasteiger partial charge in [0.15, 0.2) is 0 Å². The fraction of sp³-hybridized carbons (Fsp3) is 0.237. The highest BCUT2D eigenvalue weighted by atomic mass is 35.5. The Hall–Kier alpha value is -5.06. The van der Waals surface area contributed by atoms with E-state index in [-0.39, 0.29) is 23.4 Å². The van der Waals surface area contributed by atoms with Gasteiger partial charge in [0.1, 0.15) is 10.7 Å². The third kappa shape index (κ3) is 7.75. The van der Waals surface area contributed by atoms with Crippen LogP contribution in [0.1, 0.15) is 35.9 Å². The third-order valence-corrected chi connectivity index (χ3v) is 12.5. The molecule has 5 aromatic rings. The van der Waals surface area contributed by atoms with Crippen LogP contribution < -0.4 is 14.5 Å². The molecule has 0 atom stereocenters. The number of hydrogen-bond acceptors (Lipinski definition) is 7. The monoisotopic (exact) mass is 818 g/mol. The molecular weight excluding hydrogens is 784 g/mol. The van der Waals surface area contributed by atoms with E-state index in [1.807, 2.05) is 61.7 Å². The number of carboxylic acids is 1. The Kier molecular flexibility index (Phi) is 10.7. The molecule has 55 heavy (non-hydrogen) atoms. The summed E-state index contributed by atoms with van der Waals surface area (Å²) in [6.45, 7) is 8.21. The van der Waals surface area contributed by atoms with Crippen molar-refractivity contribution in [3.05, 3.63) is 113 Å². The van der Waals surface area contributed by atoms with Crippen LogP contribution >= 0.6 is 11.6 Å². The molecule has 290 valence electrons. The molecule has 0 unspecified atom stereocenters. The van der Waals surface area contributed by atoms with Crippen LogP contribution in [0, 0.1) is 12.7 Å². The number of alkyl halides is 3. The molecule has 1 saturated heterocycles. The van der Waals surface area contributed by atoms with E-state index in [2.05, 4.69) is 14.5 Å². The van der Waals surface area contributed by atoms with Crippen molar-refractivity contribution >= 4 is 54.5 Å². The summed E-state index contributed by atoms with van der Waals surface area (Å²) in [6, 6.07) is 22.4. The lowest BCUT2D eigenvalue weighted by Crippen LogP contribution is -2.46. The second kappa shape index (κ2) is 14.9. The number of aromatic carboxylic acids is 1. The molecule has 2 N–H and O–H groups in total. The van der Waals surface area contributed by atoms with Crippen LogP contribution in [-0.4, -0.2) is 64.2 Å². The van der Waals surface area contributed by atoms with Gasteiger partial charge in [-0.2, -0.15) is 13.2 Å². The predicted octanol–water partition coefficient (Wildman–Crippen LogP) is 8.62. The number of anilines is 3. The van der Waals surface area contributed by atoms with Crippen molar-refractivity contribution in [1.82, 2.24) is 4.57 Å². The van der Waals surface area contributed by atoms with Gasteiger partial charge in [0.05, 0.1) is 16.2 Å². The van der Waals surface area contributed by atoms with Gasteiger partial charge < -0.3 is 19.5 Å². The molecule has 0 saturated carbocycles. The van der Waals surface area contributed by atoms with Crippen molar-refractivity contribution in [2.45, 2.75) is 42.1 Å². The number of hydrogen-bond donors (Lipinski definition) is 2. The first-order valence-corrected chi connectivity index (χ1v) is 20.2. The molecule has 17 heteroatoms. The lowest BCUT2D eigenvalue weighted by atomic mass is 9.96. The highest BCUT2D eigenvalue weighted by Gasteiger charge is 2.48. The number of aromatic nitrogens is 1. The number of nitrogens with one attached hydrogen (secondary N) is 1. The van der Waals surface area contributed by atoms with Crippen molar-refractivity contribution in [2.24, 2.45) is 0 Å². The van der Waals surface area contributed by atoms with Crippen LogP contribution in [-0.2, 0) is 19.9 Å². The Labute approximate surface area is 320 Å². The molecule has 1 aromatic heterocycles. The van der Waals surface area contributed by atoms with Gasteiger partial charge in [0.2, 0.25) is 0 Å². The summed E-state index contributed by atoms with van der Waals surface area (Å²) in [7, 11) is -10.7. The summed E-state index contributed by atoms with van der Waals surface area (Å²) < 4.78 is 107. The van der Waals surface area contributed by atoms with Gasteiger partial charge in [-0.3, -0.25) is 4.72 Å². The molecular formula is C38H35ClF4N4O6S2. The van der Waals surface area contributed by atoms with Gasteiger partial charge in [0, 0.05) is 65.6 Å². The smallest absolute Gasteiger partial charge is 0.478 e. The van der Waals surface area contributed by atoms with Gasteiger partial charge in [0.25, 0.3) is 19.9 Å². The lowest BCUT2D eigenvalue weighted by Gasteiger charge is -2.37. The maximum atomic E-state index is 14.1. The number of benzene rings is 4. The summed E-state index contributed by atoms with van der Waals surface area (Å²) in [4.78, 5) is 14.3. The van der Waals surface area contributed by atoms with Gasteiger partial charge in [-0.25, -0.2) is 26.0 Å². The Balaban J connectivity index is 1.19. The Morgan fingerprint density at radius 3 is 1.98 bits per heavy atom. The van der Waals surface area contributed by atoms with Gasteiger partial charge in [-0.15, -0.1) is 0 Å². The summed E-state index contributed by atoms with van der Waals surface area (Å²) >= 11 is 6.20. The zero-order valence-corrected chi connectivity index (χ0v) is 32.0. The predicted molar refractivity (Wildman–Crippen MR) is 204 cm³/mol. The zero-order chi connectivity index (χ0) is 40.0. The quantitative estimate of drug-likeness (QED) is 0.134. The minimum Gasteiger partial charge on any atom is -0.478 e. The van der Waals surface area contributed by atoms with Crippen molar-refractivity contribution in [1.29, 1.82) is 0 Å². The number of sulfonamides is 1. The molecule has 1 aliphatic heterocycles. The van der Waals surface area contributed by atoms with Crippen molar-refractivity contribution in [3.8, 4) is 22.4 Å². The normalized spacial score (nSPS) is 14.1. The second-order valence-corrected chi connectivity index (χ2v) is 17.2. The average Bonchev–Trinajstić information content (AvgIpc) is 3.45. The van der Waals surface area contributed by atoms with Crippen molar-refractivity contribution < 1.29 is 44.3 Å². The number of rotatable bonds is 10. The minimum absolute atomic E-state index is 0.0289. The summed E-state index contributed by atoms with van der Waals surface area (Å²) in [6.07, 6.45) is 0. The number of sulfone groups is 1. The summed E-state index contributed by atoms with van der Waals surface area (Å²) in [5, 5.41) is 11.0. The summed E-state index contributed by atoms with van der Waals surface area (Å²) in [5.41, 5.74) is -0.265. The molecule has 0 spiro atoms. The fourth-order valence-corrected chi connectivity index (χ4v) is 8.95. The van der Waals surface area contributed by atoms with Crippen LogP contribution in [0.5, 0.6) is 0 Å². The van der Waals surface area contributed by atoms with Gasteiger partial charge in [-0.05, 0) is 98.6 Å². The molecule has 1 aliphatic rings. The highest BCUT2D eigenvalue weighted by molar-refractivity contribution is 7.93. The number of nitrogens with zero attached hydrogens (tertiary/aromatic N) is 3. The third-order valence-electron chi connectivity index (χ3n) is 9.37. The standard InChI is InChI=1S/C38H35ClF4N4O6S2/c1-23(2)47-24(3)34(37(48)49)35(36(47)25-7-9-27(39)10-8-25)26-5-4-6-30(21-26)46-19-17-45(18-20-46)29-13-11-28(12-14-29)44-55(52,53)31-15-16-32(40)33(22-31)54(50,51)38(41,42)43/h4-16,21-23,44H,17-20H2,1-3H3,(H,48,49). The number of halogens is 5. The van der Waals surface area contributed by atoms with E-state index in [9.17, 15) is 44.3 Å². The van der Waals surface area contributed by atoms with E-state index in [1.54, 1.807) is 24.3 Å². The maximum absolute atomic E-state index is 14.1. The number of carboxylic acid groups (broad SMARTS) is 1. The first-order valence-electron chi connectivity index (χ1n) is 16.9. The van der Waals surface area contributed by atoms with E-state index in [4.69, 9.17) is 11.6 Å². The van der Waals surface area contributed by atoms with E-state index in [0.717, 1.165) is 28.2 Å². The molecule has 0 radical (unpaired) electrons. The Bertz CT molecular complexity index is 2480. The zero-order valence-electron chi connectivity index (χ0n) is 29.6. The molecule has 2 heterocycles. The highest BCUT2D eigenvalue weighted by Crippen LogP contribution is 2.42. The lowest BCUT2D eigenvalue weighted by molar-refractivity contribution is -0.0438. The van der Waals surface area contributed by atoms with E-state index in [0.29, 0.717) is 54.6 Å². The van der Waals surface area contributed by atoms with E-state index < -0.39 is 46.9 Å². The second-order valence-electron chi connectivity index (χ2n) is 13.2. The molecule has 0 bridgehead atoms. The van der Waals surface area contributed by atoms with Gasteiger partial charge in [-0.1, -0.05) is 35.9 Å². The van der Waals surface area contributed by atoms with Crippen LogP contribution in [0.3, 0.4) is 0 Å². The Morgan fingerprint density at radius 1 is 0.818 bits per heavy atom. The van der Waals surface area contributed by atoms with Crippen LogP contribution in [0.2, 0.25) is 5.02 Å². The van der Waals surface area contributed by atoms with Crippen LogP contribution in [0.25, 0.3) is 22.4 Å². The van der Waals surface area contributed by atoms with Crippen molar-refractivity contribution in [3.63, 3.8) is 0 Å². The first kappa shape index (κ1) is 39.6. The number of carbonyl (C=O) groups is 1. The fourth-order valence-electron chi connectivity index (χ4n) is 6.80. The van der Waals surface area contributed by atoms with Crippen molar-refractivity contribution in [2.75, 3.05) is 40.7 Å². The molecule has 4 aromatic carbocycles. The van der Waals surface area contributed by atoms with E-state index in [1.165, 1.54) is 12.1 Å². The van der Waals surface area contributed by atoms with Crippen LogP contribution in [0.15, 0.2) is 101 Å². The molecule has 10 nitrogen and oxygen atoms in total. The maximum Gasteiger partial charge on any atom is 0.502 e. The average molecular weight is 819 g/mol. The topological polar surface area (TPSA) is 129 Å². The SMILES string of the molecule is Cc1c(C(=O)O)c(-c2cccc(N3CCN(c4ccc(NS(=O)(=O)c5ccc(F)c(S(=O)(=O)C(F)(F)F)c5)cc4)CC3)c2)c(-c2ccc(Cl)cc2)n1C(C)C. The molecule has 0 aliphatic carbocycles. The minimum atomic E-state index is -6.14. The van der Waals surface area contributed by atoms with Crippen LogP contribution in [0.4, 0.5) is 34.6 Å². The molecule has 6 rings (SSSR count). The molecule has 1 fully saturated rings. The number of piperazine rings is 1.